The lowest BCUT2D eigenvalue weighted by Gasteiger charge is -2.32. The van der Waals surface area contributed by atoms with E-state index in [4.69, 9.17) is 14.7 Å². The van der Waals surface area contributed by atoms with Crippen LogP contribution < -0.4 is 5.32 Å². The number of thioether (sulfide) groups is 1. The monoisotopic (exact) mass is 310 g/mol. The number of nitrogens with zero attached hydrogens (tertiary/aromatic N) is 1. The molecule has 1 heterocycles. The molecule has 0 unspecified atom stereocenters. The average molecular weight is 310 g/mol. The summed E-state index contributed by atoms with van der Waals surface area (Å²) in [6.07, 6.45) is 0. The molecule has 6 nitrogen and oxygen atoms in total. The quantitative estimate of drug-likeness (QED) is 0.624. The number of nitriles is 1. The van der Waals surface area contributed by atoms with Crippen LogP contribution in [0.5, 0.6) is 0 Å². The Balaban J connectivity index is 3.43. The van der Waals surface area contributed by atoms with Crippen molar-refractivity contribution in [3.63, 3.8) is 0 Å². The Kier molecular flexibility index (Phi) is 5.85. The molecule has 0 aromatic rings. The number of thiocyanates is 1. The molecule has 0 aliphatic carbocycles. The van der Waals surface area contributed by atoms with Crippen molar-refractivity contribution in [2.45, 2.75) is 26.0 Å². The summed E-state index contributed by atoms with van der Waals surface area (Å²) in [6, 6.07) is 0. The number of allylic oxidation sites excluding steroid dienone is 2. The molecule has 0 amide bonds. The lowest BCUT2D eigenvalue weighted by Crippen LogP contribution is -2.37. The fourth-order valence-electron chi connectivity index (χ4n) is 2.43. The van der Waals surface area contributed by atoms with Gasteiger partial charge in [-0.2, -0.15) is 5.26 Å². The summed E-state index contributed by atoms with van der Waals surface area (Å²) in [4.78, 5) is 24.1. The van der Waals surface area contributed by atoms with Gasteiger partial charge < -0.3 is 14.8 Å². The smallest absolute Gasteiger partial charge is 0.336 e. The van der Waals surface area contributed by atoms with E-state index in [1.54, 1.807) is 20.8 Å². The predicted molar refractivity (Wildman–Crippen MR) is 78.7 cm³/mol. The SMILES string of the molecule is COC(=O)C1=C(C)NC(C)=C(C(=O)OC)C1[C@H](C)SC#N. The van der Waals surface area contributed by atoms with Crippen LogP contribution in [0.2, 0.25) is 0 Å². The third-order valence-electron chi connectivity index (χ3n) is 3.32. The third kappa shape index (κ3) is 3.39. The highest BCUT2D eigenvalue weighted by molar-refractivity contribution is 8.04. The van der Waals surface area contributed by atoms with Crippen LogP contribution in [0.15, 0.2) is 22.5 Å². The van der Waals surface area contributed by atoms with E-state index in [2.05, 4.69) is 5.32 Å². The molecule has 0 aromatic heterocycles. The maximum absolute atomic E-state index is 12.1. The van der Waals surface area contributed by atoms with Crippen LogP contribution in [0.1, 0.15) is 20.8 Å². The molecule has 1 atom stereocenters. The van der Waals surface area contributed by atoms with Crippen LogP contribution in [0.3, 0.4) is 0 Å². The Morgan fingerprint density at radius 1 is 1.19 bits per heavy atom. The molecular formula is C14H18N2O4S. The molecule has 114 valence electrons. The van der Waals surface area contributed by atoms with Crippen molar-refractivity contribution in [3.8, 4) is 5.40 Å². The van der Waals surface area contributed by atoms with Crippen LogP contribution in [0.25, 0.3) is 0 Å². The molecule has 1 aliphatic rings. The Hall–Kier alpha value is -1.94. The van der Waals surface area contributed by atoms with Gasteiger partial charge in [-0.15, -0.1) is 0 Å². The number of ether oxygens (including phenoxy) is 2. The Labute approximate surface area is 128 Å². The normalized spacial score (nSPS) is 17.0. The number of carbonyl (C=O) groups excluding carboxylic acids is 2. The van der Waals surface area contributed by atoms with Crippen LogP contribution in [-0.2, 0) is 19.1 Å². The van der Waals surface area contributed by atoms with E-state index in [1.807, 2.05) is 5.40 Å². The summed E-state index contributed by atoms with van der Waals surface area (Å²) in [5, 5.41) is 13.6. The number of methoxy groups -OCH3 is 2. The van der Waals surface area contributed by atoms with Crippen molar-refractivity contribution >= 4 is 23.7 Å². The van der Waals surface area contributed by atoms with Gasteiger partial charge in [-0.3, -0.25) is 0 Å². The molecule has 1 rings (SSSR count). The molecule has 0 spiro atoms. The second-order valence-corrected chi connectivity index (χ2v) is 5.74. The summed E-state index contributed by atoms with van der Waals surface area (Å²) in [5.41, 5.74) is 1.92. The first-order valence-corrected chi connectivity index (χ1v) is 7.16. The first kappa shape index (κ1) is 17.1. The van der Waals surface area contributed by atoms with E-state index in [-0.39, 0.29) is 5.25 Å². The molecule has 0 saturated carbocycles. The molecule has 0 fully saturated rings. The zero-order chi connectivity index (χ0) is 16.2. The van der Waals surface area contributed by atoms with Gasteiger partial charge in [0.2, 0.25) is 0 Å². The minimum absolute atomic E-state index is 0.301. The van der Waals surface area contributed by atoms with Crippen molar-refractivity contribution in [3.05, 3.63) is 22.5 Å². The highest BCUT2D eigenvalue weighted by atomic mass is 32.2. The molecule has 7 heteroatoms. The predicted octanol–water partition coefficient (Wildman–Crippen LogP) is 1.70. The van der Waals surface area contributed by atoms with Gasteiger partial charge in [0.05, 0.1) is 25.4 Å². The number of nitrogens with one attached hydrogen (secondary N) is 1. The fourth-order valence-corrected chi connectivity index (χ4v) is 3.00. The Bertz CT molecular complexity index is 522. The summed E-state index contributed by atoms with van der Waals surface area (Å²) in [6.45, 7) is 5.26. The molecule has 1 N–H and O–H groups in total. The van der Waals surface area contributed by atoms with E-state index in [0.29, 0.717) is 22.5 Å². The van der Waals surface area contributed by atoms with Crippen molar-refractivity contribution < 1.29 is 19.1 Å². The maximum Gasteiger partial charge on any atom is 0.336 e. The van der Waals surface area contributed by atoms with Crippen LogP contribution in [0, 0.1) is 16.6 Å². The van der Waals surface area contributed by atoms with Crippen LogP contribution >= 0.6 is 11.8 Å². The molecule has 21 heavy (non-hydrogen) atoms. The van der Waals surface area contributed by atoms with Crippen molar-refractivity contribution in [2.24, 2.45) is 5.92 Å². The lowest BCUT2D eigenvalue weighted by molar-refractivity contribution is -0.137. The summed E-state index contributed by atoms with van der Waals surface area (Å²) >= 11 is 0.999. The Morgan fingerprint density at radius 2 is 1.62 bits per heavy atom. The Morgan fingerprint density at radius 3 is 1.95 bits per heavy atom. The minimum Gasteiger partial charge on any atom is -0.466 e. The summed E-state index contributed by atoms with van der Waals surface area (Å²) < 4.78 is 9.62. The third-order valence-corrected chi connectivity index (χ3v) is 4.07. The number of rotatable bonds is 4. The molecule has 1 aliphatic heterocycles. The van der Waals surface area contributed by atoms with Crippen molar-refractivity contribution in [1.29, 1.82) is 5.26 Å². The van der Waals surface area contributed by atoms with E-state index in [1.165, 1.54) is 14.2 Å². The van der Waals surface area contributed by atoms with E-state index < -0.39 is 17.9 Å². The van der Waals surface area contributed by atoms with Crippen LogP contribution in [-0.4, -0.2) is 31.4 Å². The number of esters is 2. The highest BCUT2D eigenvalue weighted by Gasteiger charge is 2.39. The molecule has 0 radical (unpaired) electrons. The van der Waals surface area contributed by atoms with Crippen molar-refractivity contribution in [2.75, 3.05) is 14.2 Å². The van der Waals surface area contributed by atoms with E-state index >= 15 is 0 Å². The number of dihydropyridines is 1. The van der Waals surface area contributed by atoms with Crippen molar-refractivity contribution in [1.82, 2.24) is 5.32 Å². The maximum atomic E-state index is 12.1. The zero-order valence-corrected chi connectivity index (χ0v) is 13.5. The largest absolute Gasteiger partial charge is 0.466 e. The average Bonchev–Trinajstić information content (AvgIpc) is 2.45. The van der Waals surface area contributed by atoms with Gasteiger partial charge in [-0.25, -0.2) is 9.59 Å². The summed E-state index contributed by atoms with van der Waals surface area (Å²) in [7, 11) is 2.57. The fraction of sp³-hybridized carbons (Fsp3) is 0.500. The first-order valence-electron chi connectivity index (χ1n) is 6.28. The first-order chi connectivity index (χ1) is 9.88. The van der Waals surface area contributed by atoms with E-state index in [9.17, 15) is 9.59 Å². The van der Waals surface area contributed by atoms with Gasteiger partial charge in [0.1, 0.15) is 5.40 Å². The zero-order valence-electron chi connectivity index (χ0n) is 12.6. The van der Waals surface area contributed by atoms with E-state index in [0.717, 1.165) is 11.8 Å². The molecule has 0 saturated heterocycles. The number of hydrogen-bond donors (Lipinski definition) is 1. The van der Waals surface area contributed by atoms with Gasteiger partial charge >= 0.3 is 11.9 Å². The second-order valence-electron chi connectivity index (χ2n) is 4.58. The topological polar surface area (TPSA) is 88.4 Å². The number of carbonyl (C=O) groups is 2. The molecule has 0 bridgehead atoms. The van der Waals surface area contributed by atoms with Gasteiger partial charge in [0.15, 0.2) is 0 Å². The number of hydrogen-bond acceptors (Lipinski definition) is 7. The van der Waals surface area contributed by atoms with Gasteiger partial charge in [-0.05, 0) is 25.6 Å². The molecular weight excluding hydrogens is 292 g/mol. The second kappa shape index (κ2) is 7.18. The lowest BCUT2D eigenvalue weighted by atomic mass is 9.83. The molecule has 0 aromatic carbocycles. The van der Waals surface area contributed by atoms with Crippen LogP contribution in [0.4, 0.5) is 0 Å². The van der Waals surface area contributed by atoms with Gasteiger partial charge in [0, 0.05) is 22.6 Å². The summed E-state index contributed by atoms with van der Waals surface area (Å²) in [5.74, 6) is -1.61. The highest BCUT2D eigenvalue weighted by Crippen LogP contribution is 2.37. The minimum atomic E-state index is -0.559. The van der Waals surface area contributed by atoms with Gasteiger partial charge in [0.25, 0.3) is 0 Å². The standard InChI is InChI=1S/C14H18N2O4S/c1-7-10(13(17)19-4)12(9(3)21-6-15)11(8(2)16-7)14(18)20-5/h9,12,16H,1-5H3/t9-/m0/s1. The van der Waals surface area contributed by atoms with Gasteiger partial charge in [-0.1, -0.05) is 6.92 Å².